The normalized spacial score (nSPS) is 15.1. The molecule has 1 N–H and O–H groups in total. The molecule has 0 amide bonds. The van der Waals surface area contributed by atoms with Crippen molar-refractivity contribution in [3.8, 4) is 0 Å². The Morgan fingerprint density at radius 3 is 2.40 bits per heavy atom. The minimum atomic E-state index is -0.310. The summed E-state index contributed by atoms with van der Waals surface area (Å²) in [5.41, 5.74) is 0. The Bertz CT molecular complexity index is 185. The highest BCUT2D eigenvalue weighted by Crippen LogP contribution is 2.04. The number of carbonyl (C=O) groups excluding carboxylic acids is 1. The quantitative estimate of drug-likeness (QED) is 0.643. The summed E-state index contributed by atoms with van der Waals surface area (Å²) in [4.78, 5) is 13.3. The fourth-order valence-corrected chi connectivity index (χ4v) is 1.42. The second-order valence-electron chi connectivity index (χ2n) is 3.84. The number of hydrogen-bond donors (Lipinski definition) is 1. The molecule has 15 heavy (non-hydrogen) atoms. The van der Waals surface area contributed by atoms with E-state index in [2.05, 4.69) is 9.64 Å². The van der Waals surface area contributed by atoms with Gasteiger partial charge in [0.25, 0.3) is 0 Å². The van der Waals surface area contributed by atoms with Crippen LogP contribution in [0, 0.1) is 5.92 Å². The minimum absolute atomic E-state index is 0.140. The van der Waals surface area contributed by atoms with Crippen molar-refractivity contribution in [2.45, 2.75) is 33.3 Å². The number of carbonyl (C=O) groups is 1. The standard InChI is InChI=1S/C11H23NO3/c1-5-10(13)8-12(6-2)7-9(3)11(14)15-4/h9-10,13H,5-8H2,1-4H3. The maximum atomic E-state index is 11.2. The average molecular weight is 217 g/mol. The van der Waals surface area contributed by atoms with Crippen molar-refractivity contribution in [2.24, 2.45) is 5.92 Å². The topological polar surface area (TPSA) is 49.8 Å². The Morgan fingerprint density at radius 1 is 1.40 bits per heavy atom. The Labute approximate surface area is 92.2 Å². The van der Waals surface area contributed by atoms with Gasteiger partial charge < -0.3 is 14.7 Å². The highest BCUT2D eigenvalue weighted by Gasteiger charge is 2.17. The lowest BCUT2D eigenvalue weighted by Crippen LogP contribution is -2.37. The predicted octanol–water partition coefficient (Wildman–Crippen LogP) is 0.888. The lowest BCUT2D eigenvalue weighted by molar-refractivity contribution is -0.145. The summed E-state index contributed by atoms with van der Waals surface area (Å²) in [6.45, 7) is 7.90. The van der Waals surface area contributed by atoms with Crippen molar-refractivity contribution in [3.05, 3.63) is 0 Å². The van der Waals surface area contributed by atoms with Gasteiger partial charge in [-0.15, -0.1) is 0 Å². The number of methoxy groups -OCH3 is 1. The van der Waals surface area contributed by atoms with Crippen molar-refractivity contribution >= 4 is 5.97 Å². The van der Waals surface area contributed by atoms with Crippen LogP contribution in [0.5, 0.6) is 0 Å². The van der Waals surface area contributed by atoms with Crippen LogP contribution in [0.25, 0.3) is 0 Å². The SMILES string of the molecule is CCC(O)CN(CC)CC(C)C(=O)OC. The lowest BCUT2D eigenvalue weighted by Gasteiger charge is -2.25. The van der Waals surface area contributed by atoms with E-state index >= 15 is 0 Å². The zero-order chi connectivity index (χ0) is 11.8. The molecule has 0 heterocycles. The van der Waals surface area contributed by atoms with E-state index in [1.807, 2.05) is 20.8 Å². The van der Waals surface area contributed by atoms with Crippen LogP contribution >= 0.6 is 0 Å². The van der Waals surface area contributed by atoms with E-state index in [0.29, 0.717) is 13.1 Å². The van der Waals surface area contributed by atoms with Gasteiger partial charge in [-0.25, -0.2) is 0 Å². The smallest absolute Gasteiger partial charge is 0.309 e. The molecule has 0 aromatic carbocycles. The third-order valence-corrected chi connectivity index (χ3v) is 2.52. The summed E-state index contributed by atoms with van der Waals surface area (Å²) < 4.78 is 4.66. The van der Waals surface area contributed by atoms with Gasteiger partial charge in [-0.3, -0.25) is 4.79 Å². The van der Waals surface area contributed by atoms with Crippen LogP contribution < -0.4 is 0 Å². The number of hydrogen-bond acceptors (Lipinski definition) is 4. The predicted molar refractivity (Wildman–Crippen MR) is 59.6 cm³/mol. The number of esters is 1. The molecule has 0 aromatic rings. The van der Waals surface area contributed by atoms with Crippen molar-refractivity contribution in [1.29, 1.82) is 0 Å². The highest BCUT2D eigenvalue weighted by molar-refractivity contribution is 5.72. The van der Waals surface area contributed by atoms with E-state index in [-0.39, 0.29) is 18.0 Å². The molecule has 0 saturated carbocycles. The number of rotatable bonds is 7. The van der Waals surface area contributed by atoms with Crippen LogP contribution in [-0.4, -0.2) is 48.8 Å². The molecular weight excluding hydrogens is 194 g/mol. The van der Waals surface area contributed by atoms with Gasteiger partial charge in [-0.2, -0.15) is 0 Å². The van der Waals surface area contributed by atoms with E-state index in [4.69, 9.17) is 0 Å². The molecule has 0 fully saturated rings. The Morgan fingerprint density at radius 2 is 2.00 bits per heavy atom. The number of likely N-dealkylation sites (N-methyl/N-ethyl adjacent to an activating group) is 1. The van der Waals surface area contributed by atoms with Gasteiger partial charge in [0, 0.05) is 13.1 Å². The summed E-state index contributed by atoms with van der Waals surface area (Å²) in [5.74, 6) is -0.335. The Kier molecular flexibility index (Phi) is 7.34. The number of nitrogens with zero attached hydrogens (tertiary/aromatic N) is 1. The summed E-state index contributed by atoms with van der Waals surface area (Å²) in [5, 5.41) is 9.51. The second-order valence-corrected chi connectivity index (χ2v) is 3.84. The number of aliphatic hydroxyl groups is 1. The fraction of sp³-hybridized carbons (Fsp3) is 0.909. The van der Waals surface area contributed by atoms with Crippen molar-refractivity contribution in [2.75, 3.05) is 26.7 Å². The molecule has 4 heteroatoms. The first-order chi connectivity index (χ1) is 7.04. The second kappa shape index (κ2) is 7.65. The molecule has 0 aliphatic rings. The van der Waals surface area contributed by atoms with Gasteiger partial charge >= 0.3 is 5.97 Å². The Balaban J connectivity index is 4.03. The maximum Gasteiger partial charge on any atom is 0.309 e. The van der Waals surface area contributed by atoms with E-state index in [1.54, 1.807) is 0 Å². The molecular formula is C11H23NO3. The molecule has 0 rings (SSSR count). The van der Waals surface area contributed by atoms with Gasteiger partial charge in [-0.05, 0) is 13.0 Å². The van der Waals surface area contributed by atoms with E-state index < -0.39 is 0 Å². The van der Waals surface area contributed by atoms with Crippen LogP contribution in [0.1, 0.15) is 27.2 Å². The van der Waals surface area contributed by atoms with Gasteiger partial charge in [0.15, 0.2) is 0 Å². The van der Waals surface area contributed by atoms with Gasteiger partial charge in [0.1, 0.15) is 0 Å². The van der Waals surface area contributed by atoms with Crippen LogP contribution in [0.3, 0.4) is 0 Å². The first-order valence-corrected chi connectivity index (χ1v) is 5.53. The number of aliphatic hydroxyl groups excluding tert-OH is 1. The molecule has 0 aliphatic heterocycles. The molecule has 0 bridgehead atoms. The molecule has 0 spiro atoms. The zero-order valence-corrected chi connectivity index (χ0v) is 10.2. The Hall–Kier alpha value is -0.610. The molecule has 90 valence electrons. The lowest BCUT2D eigenvalue weighted by atomic mass is 10.1. The summed E-state index contributed by atoms with van der Waals surface area (Å²) in [7, 11) is 1.40. The van der Waals surface area contributed by atoms with Gasteiger partial charge in [-0.1, -0.05) is 20.8 Å². The summed E-state index contributed by atoms with van der Waals surface area (Å²) >= 11 is 0. The van der Waals surface area contributed by atoms with E-state index in [9.17, 15) is 9.90 Å². The molecule has 0 aromatic heterocycles. The average Bonchev–Trinajstić information content (AvgIpc) is 2.26. The van der Waals surface area contributed by atoms with Crippen molar-refractivity contribution in [3.63, 3.8) is 0 Å². The van der Waals surface area contributed by atoms with Crippen LogP contribution in [0.15, 0.2) is 0 Å². The highest BCUT2D eigenvalue weighted by atomic mass is 16.5. The minimum Gasteiger partial charge on any atom is -0.469 e. The molecule has 0 aliphatic carbocycles. The van der Waals surface area contributed by atoms with Crippen molar-refractivity contribution < 1.29 is 14.6 Å². The first kappa shape index (κ1) is 14.4. The van der Waals surface area contributed by atoms with Crippen LogP contribution in [0.2, 0.25) is 0 Å². The third-order valence-electron chi connectivity index (χ3n) is 2.52. The zero-order valence-electron chi connectivity index (χ0n) is 10.2. The monoisotopic (exact) mass is 217 g/mol. The molecule has 2 unspecified atom stereocenters. The molecule has 0 radical (unpaired) electrons. The van der Waals surface area contributed by atoms with Crippen molar-refractivity contribution in [1.82, 2.24) is 4.90 Å². The third kappa shape index (κ3) is 5.74. The van der Waals surface area contributed by atoms with Crippen LogP contribution in [-0.2, 0) is 9.53 Å². The molecule has 2 atom stereocenters. The summed E-state index contributed by atoms with van der Waals surface area (Å²) in [6, 6.07) is 0. The van der Waals surface area contributed by atoms with E-state index in [1.165, 1.54) is 7.11 Å². The molecule has 4 nitrogen and oxygen atoms in total. The first-order valence-electron chi connectivity index (χ1n) is 5.53. The van der Waals surface area contributed by atoms with Crippen LogP contribution in [0.4, 0.5) is 0 Å². The number of ether oxygens (including phenoxy) is 1. The van der Waals surface area contributed by atoms with E-state index in [0.717, 1.165) is 13.0 Å². The summed E-state index contributed by atoms with van der Waals surface area (Å²) in [6.07, 6.45) is 0.429. The van der Waals surface area contributed by atoms with Gasteiger partial charge in [0.05, 0.1) is 19.1 Å². The van der Waals surface area contributed by atoms with Gasteiger partial charge in [0.2, 0.25) is 0 Å². The largest absolute Gasteiger partial charge is 0.469 e. The molecule has 0 saturated heterocycles. The maximum absolute atomic E-state index is 11.2. The fourth-order valence-electron chi connectivity index (χ4n) is 1.42.